The Morgan fingerprint density at radius 3 is 1.31 bits per heavy atom. The fourth-order valence-electron chi connectivity index (χ4n) is 8.39. The summed E-state index contributed by atoms with van der Waals surface area (Å²) in [5, 5.41) is 0. The van der Waals surface area contributed by atoms with Crippen molar-refractivity contribution in [3.05, 3.63) is 133 Å². The molecule has 0 amide bonds. The Morgan fingerprint density at radius 1 is 0.517 bits per heavy atom. The maximum absolute atomic E-state index is 14.8. The van der Waals surface area contributed by atoms with Crippen LogP contribution in [0, 0.1) is 0 Å². The van der Waals surface area contributed by atoms with Gasteiger partial charge in [0.15, 0.2) is 0 Å². The molecule has 0 heterocycles. The second-order valence-electron chi connectivity index (χ2n) is 16.9. The van der Waals surface area contributed by atoms with Gasteiger partial charge in [-0.1, -0.05) is 0 Å². The van der Waals surface area contributed by atoms with Crippen LogP contribution >= 0.6 is 24.8 Å². The van der Waals surface area contributed by atoms with Crippen LogP contribution in [0.1, 0.15) is 92.5 Å². The Kier molecular flexibility index (Phi) is 12.1. The van der Waals surface area contributed by atoms with Crippen molar-refractivity contribution in [2.24, 2.45) is 0 Å². The first-order valence-electron chi connectivity index (χ1n) is 17.7. The molecular weight excluding hydrogens is 907 g/mol. The Hall–Kier alpha value is -3.15. The van der Waals surface area contributed by atoms with Gasteiger partial charge >= 0.3 is 319 Å². The molecule has 0 N–H and O–H groups in total. The van der Waals surface area contributed by atoms with Crippen LogP contribution in [-0.4, -0.2) is 4.21 Å². The number of halogens is 14. The number of alkyl halides is 12. The third kappa shape index (κ3) is 7.93. The SMILES string of the molecule is Cl.Cl.[CH2]=[Zr]([C]1=CC=CC1)([c]1cc(C(F)(F)F)cc(C(F)(F)F)c1)([c]1cc(C(F)(F)F)cc(C(F)(F)F)c1)[c]1c(C(C)(C)C)ccc2c1Cc1cc(C(C)(C)C)ccc1-2. The van der Waals surface area contributed by atoms with Crippen molar-refractivity contribution in [2.75, 3.05) is 0 Å². The zero-order valence-corrected chi connectivity index (χ0v) is 36.1. The van der Waals surface area contributed by atoms with Crippen molar-refractivity contribution in [3.8, 4) is 11.1 Å². The first-order valence-corrected chi connectivity index (χ1v) is 24.3. The summed E-state index contributed by atoms with van der Waals surface area (Å²) in [5.74, 6) is 0. The number of fused-ring (bicyclic) bond motifs is 3. The molecule has 0 saturated heterocycles. The second kappa shape index (κ2) is 14.8. The van der Waals surface area contributed by atoms with Gasteiger partial charge < -0.3 is 0 Å². The first kappa shape index (κ1) is 47.5. The molecule has 0 nitrogen and oxygen atoms in total. The van der Waals surface area contributed by atoms with E-state index in [0.29, 0.717) is 46.5 Å². The standard InChI is InChI=1S/C21H25.2C8H3F6.C5H5.CH2.2ClH.Zr/c1-20(2,3)16-7-9-18-14(12-16)11-15-13-17(21(4,5)6)8-10-19(15)18;2*9-7(10,11)5-2-1-3-6(4-5)8(12,13)14;1-2-4-5-3-1;;;;/h7-10,12H,11H2,1-6H3;2*2-4H;1-3H,4H2;1H2;2*1H;. The van der Waals surface area contributed by atoms with Gasteiger partial charge in [-0.25, -0.2) is 0 Å². The van der Waals surface area contributed by atoms with Gasteiger partial charge in [0.1, 0.15) is 0 Å². The van der Waals surface area contributed by atoms with Gasteiger partial charge in [-0.2, -0.15) is 0 Å². The monoisotopic (exact) mass is 944 g/mol. The Balaban J connectivity index is 0.00000372. The van der Waals surface area contributed by atoms with Gasteiger partial charge in [0.25, 0.3) is 0 Å². The van der Waals surface area contributed by atoms with E-state index in [9.17, 15) is 52.7 Å². The van der Waals surface area contributed by atoms with Crippen LogP contribution in [0.4, 0.5) is 52.7 Å². The molecule has 0 fully saturated rings. The van der Waals surface area contributed by atoms with Crippen LogP contribution in [-0.2, 0) is 60.3 Å². The molecule has 0 unspecified atom stereocenters. The van der Waals surface area contributed by atoms with E-state index in [4.69, 9.17) is 0 Å². The summed E-state index contributed by atoms with van der Waals surface area (Å²) in [7, 11) is 0. The number of allylic oxidation sites excluding steroid dienone is 4. The topological polar surface area (TPSA) is 0 Å². The van der Waals surface area contributed by atoms with Crippen LogP contribution in [0.2, 0.25) is 0 Å². The minimum absolute atomic E-state index is 0. The molecule has 0 spiro atoms. The third-order valence-corrected chi connectivity index (χ3v) is 27.4. The van der Waals surface area contributed by atoms with Gasteiger partial charge in [0.2, 0.25) is 0 Å². The number of rotatable bonds is 4. The quantitative estimate of drug-likeness (QED) is 0.158. The van der Waals surface area contributed by atoms with Crippen molar-refractivity contribution < 1.29 is 71.0 Å². The van der Waals surface area contributed by atoms with E-state index in [-0.39, 0.29) is 61.8 Å². The molecule has 0 radical (unpaired) electrons. The number of benzene rings is 4. The van der Waals surface area contributed by atoms with Crippen LogP contribution in [0.25, 0.3) is 11.1 Å². The maximum atomic E-state index is 14.8. The van der Waals surface area contributed by atoms with E-state index in [0.717, 1.165) is 11.1 Å². The van der Waals surface area contributed by atoms with E-state index < -0.39 is 77.2 Å². The van der Waals surface area contributed by atoms with Crippen LogP contribution in [0.5, 0.6) is 0 Å². The third-order valence-electron chi connectivity index (χ3n) is 11.2. The van der Waals surface area contributed by atoms with E-state index in [1.54, 1.807) is 32.9 Å². The van der Waals surface area contributed by atoms with Crippen LogP contribution in [0.15, 0.2) is 88.2 Å². The van der Waals surface area contributed by atoms with Crippen LogP contribution < -0.4 is 9.81 Å². The van der Waals surface area contributed by atoms with Crippen molar-refractivity contribution in [2.45, 2.75) is 89.9 Å². The van der Waals surface area contributed by atoms with E-state index in [2.05, 4.69) is 4.21 Å². The summed E-state index contributed by atoms with van der Waals surface area (Å²) < 4.78 is 181. The summed E-state index contributed by atoms with van der Waals surface area (Å²) in [6, 6.07) is 10.7. The zero-order valence-electron chi connectivity index (χ0n) is 32.1. The second-order valence-corrected chi connectivity index (χ2v) is 29.7. The van der Waals surface area contributed by atoms with E-state index in [1.165, 1.54) is 18.2 Å². The molecule has 0 saturated carbocycles. The molecule has 2 aliphatic rings. The van der Waals surface area contributed by atoms with Crippen LogP contribution in [0.3, 0.4) is 0 Å². The molecule has 4 aromatic rings. The predicted molar refractivity (Wildman–Crippen MR) is 207 cm³/mol. The average Bonchev–Trinajstić information content (AvgIpc) is 3.74. The van der Waals surface area contributed by atoms with E-state index in [1.807, 2.05) is 39.0 Å². The van der Waals surface area contributed by atoms with Gasteiger partial charge in [0.05, 0.1) is 0 Å². The predicted octanol–water partition coefficient (Wildman–Crippen LogP) is 13.0. The zero-order chi connectivity index (χ0) is 41.8. The number of hydrogen-bond donors (Lipinski definition) is 0. The Morgan fingerprint density at radius 2 is 0.948 bits per heavy atom. The van der Waals surface area contributed by atoms with Crippen molar-refractivity contribution in [1.82, 2.24) is 0 Å². The fourth-order valence-corrected chi connectivity index (χ4v) is 25.2. The molecule has 0 aromatic heterocycles. The van der Waals surface area contributed by atoms with Gasteiger partial charge in [0, 0.05) is 0 Å². The molecule has 4 aromatic carbocycles. The molecule has 58 heavy (non-hydrogen) atoms. The van der Waals surface area contributed by atoms with Crippen molar-refractivity contribution in [3.63, 3.8) is 0 Å². The molecule has 314 valence electrons. The average molecular weight is 947 g/mol. The molecule has 0 aliphatic heterocycles. The summed E-state index contributed by atoms with van der Waals surface area (Å²) >= 11 is -7.34. The van der Waals surface area contributed by atoms with Gasteiger partial charge in [-0.05, 0) is 0 Å². The Labute approximate surface area is 341 Å². The van der Waals surface area contributed by atoms with Crippen molar-refractivity contribution >= 4 is 38.8 Å². The fraction of sp³-hybridized carbons (Fsp3) is 0.326. The van der Waals surface area contributed by atoms with E-state index >= 15 is 0 Å². The Bertz CT molecular complexity index is 2250. The molecular formula is C43H40Cl2F12Zr. The summed E-state index contributed by atoms with van der Waals surface area (Å²) in [6.07, 6.45) is -17.4. The molecule has 2 aliphatic carbocycles. The molecule has 6 rings (SSSR count). The molecule has 15 heteroatoms. The summed E-state index contributed by atoms with van der Waals surface area (Å²) in [6.45, 7) is 11.1. The van der Waals surface area contributed by atoms with Crippen molar-refractivity contribution in [1.29, 1.82) is 0 Å². The minimum atomic E-state index is -7.34. The summed E-state index contributed by atoms with van der Waals surface area (Å²) in [5.41, 5.74) is -4.82. The first-order chi connectivity index (χ1) is 25.4. The van der Waals surface area contributed by atoms with Gasteiger partial charge in [-0.3, -0.25) is 0 Å². The summed E-state index contributed by atoms with van der Waals surface area (Å²) in [4.78, 5) is 0. The number of hydrogen-bond acceptors (Lipinski definition) is 0. The van der Waals surface area contributed by atoms with Gasteiger partial charge in [-0.15, -0.1) is 24.8 Å². The molecule has 0 atom stereocenters. The molecule has 0 bridgehead atoms. The normalized spacial score (nSPS) is 15.1.